The number of aliphatic carboxylic acids is 1. The molecule has 0 aromatic heterocycles. The van der Waals surface area contributed by atoms with E-state index in [2.05, 4.69) is 9.47 Å². The van der Waals surface area contributed by atoms with Crippen LogP contribution in [0.5, 0.6) is 0 Å². The molecule has 0 radical (unpaired) electrons. The Morgan fingerprint density at radius 2 is 2.13 bits per heavy atom. The Morgan fingerprint density at radius 1 is 1.53 bits per heavy atom. The average Bonchev–Trinajstić information content (AvgIpc) is 2.22. The lowest BCUT2D eigenvalue weighted by Gasteiger charge is -2.20. The third-order valence-electron chi connectivity index (χ3n) is 1.78. The van der Waals surface area contributed by atoms with Crippen LogP contribution in [-0.4, -0.2) is 34.6 Å². The number of rotatable bonds is 3. The quantitative estimate of drug-likeness (QED) is 0.487. The lowest BCUT2D eigenvalue weighted by atomic mass is 9.97. The summed E-state index contributed by atoms with van der Waals surface area (Å²) in [7, 11) is 0. The van der Waals surface area contributed by atoms with Gasteiger partial charge in [-0.15, -0.1) is 0 Å². The van der Waals surface area contributed by atoms with E-state index in [1.807, 2.05) is 0 Å². The van der Waals surface area contributed by atoms with Gasteiger partial charge in [-0.3, -0.25) is 14.4 Å². The molecular formula is C8H8O7. The van der Waals surface area contributed by atoms with Crippen molar-refractivity contribution < 1.29 is 33.8 Å². The van der Waals surface area contributed by atoms with Gasteiger partial charge >= 0.3 is 23.9 Å². The van der Waals surface area contributed by atoms with Crippen LogP contribution in [0.2, 0.25) is 0 Å². The lowest BCUT2D eigenvalue weighted by Crippen LogP contribution is -2.41. The second-order valence-electron chi connectivity index (χ2n) is 3.10. The minimum Gasteiger partial charge on any atom is -0.481 e. The summed E-state index contributed by atoms with van der Waals surface area (Å²) < 4.78 is 8.74. The highest BCUT2D eigenvalue weighted by atomic mass is 16.6. The molecule has 0 aromatic rings. The smallest absolute Gasteiger partial charge is 0.359 e. The van der Waals surface area contributed by atoms with Gasteiger partial charge in [0.15, 0.2) is 0 Å². The Balaban J connectivity index is 2.95. The third kappa shape index (κ3) is 2.30. The van der Waals surface area contributed by atoms with Crippen molar-refractivity contribution in [3.05, 3.63) is 0 Å². The molecule has 0 unspecified atom stereocenters. The Labute approximate surface area is 84.0 Å². The van der Waals surface area contributed by atoms with Crippen molar-refractivity contribution in [2.24, 2.45) is 0 Å². The van der Waals surface area contributed by atoms with Gasteiger partial charge < -0.3 is 14.6 Å². The van der Waals surface area contributed by atoms with Crippen LogP contribution in [0.4, 0.5) is 0 Å². The first kappa shape index (κ1) is 11.2. The lowest BCUT2D eigenvalue weighted by molar-refractivity contribution is -0.175. The molecule has 82 valence electrons. The van der Waals surface area contributed by atoms with Crippen molar-refractivity contribution in [1.29, 1.82) is 0 Å². The van der Waals surface area contributed by atoms with Crippen molar-refractivity contribution >= 4 is 23.9 Å². The minimum atomic E-state index is -1.99. The van der Waals surface area contributed by atoms with Crippen LogP contribution in [0, 0.1) is 0 Å². The summed E-state index contributed by atoms with van der Waals surface area (Å²) in [5.41, 5.74) is -1.99. The van der Waals surface area contributed by atoms with Gasteiger partial charge in [0.1, 0.15) is 0 Å². The van der Waals surface area contributed by atoms with Crippen LogP contribution in [0.25, 0.3) is 0 Å². The number of ether oxygens (including phenoxy) is 2. The molecule has 1 N–H and O–H groups in total. The Bertz CT molecular complexity index is 327. The van der Waals surface area contributed by atoms with Crippen molar-refractivity contribution in [3.63, 3.8) is 0 Å². The zero-order chi connectivity index (χ0) is 11.6. The topological polar surface area (TPSA) is 107 Å². The van der Waals surface area contributed by atoms with Crippen molar-refractivity contribution in [2.75, 3.05) is 0 Å². The Hall–Kier alpha value is -1.92. The first-order valence-electron chi connectivity index (χ1n) is 4.02. The van der Waals surface area contributed by atoms with Crippen LogP contribution < -0.4 is 0 Å². The summed E-state index contributed by atoms with van der Waals surface area (Å²) in [5.74, 6) is -4.24. The molecule has 1 heterocycles. The van der Waals surface area contributed by atoms with E-state index in [-0.39, 0.29) is 0 Å². The predicted molar refractivity (Wildman–Crippen MR) is 42.5 cm³/mol. The van der Waals surface area contributed by atoms with E-state index in [4.69, 9.17) is 5.11 Å². The summed E-state index contributed by atoms with van der Waals surface area (Å²) in [6.07, 6.45) is -1.34. The maximum absolute atomic E-state index is 11.2. The number of hydrogen-bond acceptors (Lipinski definition) is 6. The van der Waals surface area contributed by atoms with Gasteiger partial charge in [0, 0.05) is 6.92 Å². The van der Waals surface area contributed by atoms with Gasteiger partial charge in [0.05, 0.1) is 12.8 Å². The number of carboxylic acids is 1. The van der Waals surface area contributed by atoms with Gasteiger partial charge in [0.25, 0.3) is 0 Å². The third-order valence-corrected chi connectivity index (χ3v) is 1.78. The zero-order valence-corrected chi connectivity index (χ0v) is 7.81. The van der Waals surface area contributed by atoms with Gasteiger partial charge in [-0.25, -0.2) is 4.79 Å². The summed E-state index contributed by atoms with van der Waals surface area (Å²) in [4.78, 5) is 43.2. The molecular weight excluding hydrogens is 208 g/mol. The van der Waals surface area contributed by atoms with Crippen molar-refractivity contribution in [1.82, 2.24) is 0 Å². The Morgan fingerprint density at radius 3 is 2.47 bits per heavy atom. The van der Waals surface area contributed by atoms with Crippen LogP contribution in [0.3, 0.4) is 0 Å². The van der Waals surface area contributed by atoms with Gasteiger partial charge in [0.2, 0.25) is 5.60 Å². The van der Waals surface area contributed by atoms with Crippen LogP contribution in [0.15, 0.2) is 0 Å². The van der Waals surface area contributed by atoms with E-state index in [9.17, 15) is 19.2 Å². The standard InChI is InChI=1S/C8H8O7/c1-4(9)15-8(2-5(10)11)3-6(12)14-7(8)13/h2-3H2,1H3,(H,10,11)/t8-/m0/s1. The summed E-state index contributed by atoms with van der Waals surface area (Å²) in [6, 6.07) is 0. The van der Waals surface area contributed by atoms with E-state index < -0.39 is 42.3 Å². The fourth-order valence-electron chi connectivity index (χ4n) is 1.31. The molecule has 15 heavy (non-hydrogen) atoms. The van der Waals surface area contributed by atoms with E-state index in [0.29, 0.717) is 0 Å². The number of carboxylic acid groups (broad SMARTS) is 1. The highest BCUT2D eigenvalue weighted by Gasteiger charge is 2.54. The highest BCUT2D eigenvalue weighted by Crippen LogP contribution is 2.29. The fourth-order valence-corrected chi connectivity index (χ4v) is 1.31. The van der Waals surface area contributed by atoms with Gasteiger partial charge in [-0.1, -0.05) is 0 Å². The maximum Gasteiger partial charge on any atom is 0.359 e. The predicted octanol–water partition coefficient (Wildman–Crippen LogP) is -0.764. The molecule has 0 amide bonds. The molecule has 1 fully saturated rings. The largest absolute Gasteiger partial charge is 0.481 e. The summed E-state index contributed by atoms with van der Waals surface area (Å²) in [5, 5.41) is 8.55. The molecule has 1 saturated heterocycles. The molecule has 0 bridgehead atoms. The first-order chi connectivity index (χ1) is 6.85. The van der Waals surface area contributed by atoms with Crippen LogP contribution in [0.1, 0.15) is 19.8 Å². The van der Waals surface area contributed by atoms with Gasteiger partial charge in [-0.2, -0.15) is 0 Å². The maximum atomic E-state index is 11.2. The molecule has 1 aliphatic rings. The van der Waals surface area contributed by atoms with E-state index >= 15 is 0 Å². The SMILES string of the molecule is CC(=O)O[C@@]1(CC(=O)O)CC(=O)OC1=O. The number of esters is 3. The minimum absolute atomic E-state index is 0.558. The number of carbonyl (C=O) groups excluding carboxylic acids is 3. The van der Waals surface area contributed by atoms with E-state index in [1.54, 1.807) is 0 Å². The molecule has 0 saturated carbocycles. The molecule has 7 nitrogen and oxygen atoms in total. The normalized spacial score (nSPS) is 24.9. The first-order valence-corrected chi connectivity index (χ1v) is 4.02. The molecule has 1 atom stereocenters. The van der Waals surface area contributed by atoms with E-state index in [1.165, 1.54) is 0 Å². The van der Waals surface area contributed by atoms with E-state index in [0.717, 1.165) is 6.92 Å². The fraction of sp³-hybridized carbons (Fsp3) is 0.500. The van der Waals surface area contributed by atoms with Gasteiger partial charge in [-0.05, 0) is 0 Å². The molecule has 0 aromatic carbocycles. The highest BCUT2D eigenvalue weighted by molar-refractivity contribution is 6.02. The molecule has 7 heteroatoms. The zero-order valence-electron chi connectivity index (χ0n) is 7.81. The second kappa shape index (κ2) is 3.68. The van der Waals surface area contributed by atoms with Crippen LogP contribution in [-0.2, 0) is 28.7 Å². The average molecular weight is 216 g/mol. The van der Waals surface area contributed by atoms with Crippen LogP contribution >= 0.6 is 0 Å². The van der Waals surface area contributed by atoms with Crippen molar-refractivity contribution in [2.45, 2.75) is 25.4 Å². The number of cyclic esters (lactones) is 2. The second-order valence-corrected chi connectivity index (χ2v) is 3.10. The van der Waals surface area contributed by atoms with Crippen molar-refractivity contribution in [3.8, 4) is 0 Å². The number of carbonyl (C=O) groups is 4. The molecule has 1 aliphatic heterocycles. The molecule has 0 spiro atoms. The number of hydrogen-bond donors (Lipinski definition) is 1. The summed E-state index contributed by atoms with van der Waals surface area (Å²) >= 11 is 0. The monoisotopic (exact) mass is 216 g/mol. The summed E-state index contributed by atoms with van der Waals surface area (Å²) in [6.45, 7) is 1.01. The molecule has 0 aliphatic carbocycles. The molecule has 1 rings (SSSR count). The Kier molecular flexibility index (Phi) is 2.74.